The van der Waals surface area contributed by atoms with E-state index in [0.29, 0.717) is 13.1 Å². The van der Waals surface area contributed by atoms with Gasteiger partial charge in [-0.05, 0) is 12.8 Å². The van der Waals surface area contributed by atoms with Crippen LogP contribution in [0.4, 0.5) is 0 Å². The molecule has 0 radical (unpaired) electrons. The minimum absolute atomic E-state index is 0.0148. The van der Waals surface area contributed by atoms with Crippen molar-refractivity contribution in [1.82, 2.24) is 24.6 Å². The summed E-state index contributed by atoms with van der Waals surface area (Å²) in [6.07, 6.45) is 2.93. The van der Waals surface area contributed by atoms with Crippen LogP contribution in [-0.2, 0) is 24.3 Å². The average molecular weight is 265 g/mol. The highest BCUT2D eigenvalue weighted by Crippen LogP contribution is 2.09. The van der Waals surface area contributed by atoms with Gasteiger partial charge in [0.2, 0.25) is 5.91 Å². The summed E-state index contributed by atoms with van der Waals surface area (Å²) < 4.78 is 3.03. The van der Waals surface area contributed by atoms with Crippen LogP contribution in [0.5, 0.6) is 0 Å². The standard InChI is InChI=1S/C12H19N5O2/c18-11(15-7-4-13-5-8-15)9-17-12(19)16-6-2-1-3-10(16)14-17/h13H,1-9H2. The molecule has 0 unspecified atom stereocenters. The number of hydrogen-bond donors (Lipinski definition) is 1. The van der Waals surface area contributed by atoms with Crippen molar-refractivity contribution >= 4 is 5.91 Å². The Morgan fingerprint density at radius 3 is 2.74 bits per heavy atom. The number of amides is 1. The lowest BCUT2D eigenvalue weighted by molar-refractivity contribution is -0.132. The van der Waals surface area contributed by atoms with Crippen LogP contribution in [-0.4, -0.2) is 51.3 Å². The highest BCUT2D eigenvalue weighted by molar-refractivity contribution is 5.76. The first-order chi connectivity index (χ1) is 9.25. The maximum Gasteiger partial charge on any atom is 0.346 e. The third-order valence-corrected chi connectivity index (χ3v) is 3.79. The van der Waals surface area contributed by atoms with E-state index < -0.39 is 0 Å². The highest BCUT2D eigenvalue weighted by Gasteiger charge is 2.21. The fraction of sp³-hybridized carbons (Fsp3) is 0.750. The van der Waals surface area contributed by atoms with Gasteiger partial charge in [-0.1, -0.05) is 0 Å². The predicted octanol–water partition coefficient (Wildman–Crippen LogP) is -1.19. The Morgan fingerprint density at radius 2 is 2.00 bits per heavy atom. The van der Waals surface area contributed by atoms with Crippen molar-refractivity contribution in [3.8, 4) is 0 Å². The molecule has 1 saturated heterocycles. The first kappa shape index (κ1) is 12.4. The lowest BCUT2D eigenvalue weighted by Gasteiger charge is -2.27. The molecular weight excluding hydrogens is 246 g/mol. The van der Waals surface area contributed by atoms with Crippen molar-refractivity contribution in [3.05, 3.63) is 16.3 Å². The first-order valence-corrected chi connectivity index (χ1v) is 6.91. The quantitative estimate of drug-likeness (QED) is 0.730. The lowest BCUT2D eigenvalue weighted by atomic mass is 10.2. The number of fused-ring (bicyclic) bond motifs is 1. The number of aryl methyl sites for hydroxylation is 1. The smallest absolute Gasteiger partial charge is 0.339 e. The number of piperazine rings is 1. The van der Waals surface area contributed by atoms with E-state index in [1.165, 1.54) is 4.68 Å². The van der Waals surface area contributed by atoms with Crippen molar-refractivity contribution in [1.29, 1.82) is 0 Å². The van der Waals surface area contributed by atoms with Crippen molar-refractivity contribution in [3.63, 3.8) is 0 Å². The van der Waals surface area contributed by atoms with Gasteiger partial charge in [0.1, 0.15) is 12.4 Å². The van der Waals surface area contributed by atoms with E-state index in [9.17, 15) is 9.59 Å². The van der Waals surface area contributed by atoms with Gasteiger partial charge >= 0.3 is 5.69 Å². The van der Waals surface area contributed by atoms with E-state index in [1.54, 1.807) is 9.47 Å². The molecule has 1 fully saturated rings. The van der Waals surface area contributed by atoms with Crippen LogP contribution in [0.3, 0.4) is 0 Å². The zero-order chi connectivity index (χ0) is 13.2. The summed E-state index contributed by atoms with van der Waals surface area (Å²) in [7, 11) is 0. The lowest BCUT2D eigenvalue weighted by Crippen LogP contribution is -2.48. The number of hydrogen-bond acceptors (Lipinski definition) is 4. The van der Waals surface area contributed by atoms with E-state index >= 15 is 0 Å². The first-order valence-electron chi connectivity index (χ1n) is 6.91. The zero-order valence-electron chi connectivity index (χ0n) is 11.0. The van der Waals surface area contributed by atoms with Crippen molar-refractivity contribution in [2.75, 3.05) is 26.2 Å². The molecule has 3 heterocycles. The Balaban J connectivity index is 1.74. The van der Waals surface area contributed by atoms with E-state index in [4.69, 9.17) is 0 Å². The number of carbonyl (C=O) groups excluding carboxylic acids is 1. The SMILES string of the molecule is O=C(Cn1nc2n(c1=O)CCCC2)N1CCNCC1. The summed E-state index contributed by atoms with van der Waals surface area (Å²) >= 11 is 0. The maximum absolute atomic E-state index is 12.1. The second-order valence-corrected chi connectivity index (χ2v) is 5.10. The summed E-state index contributed by atoms with van der Waals surface area (Å²) in [6.45, 7) is 3.86. The summed E-state index contributed by atoms with van der Waals surface area (Å²) in [5.74, 6) is 0.809. The zero-order valence-corrected chi connectivity index (χ0v) is 11.0. The summed E-state index contributed by atoms with van der Waals surface area (Å²) in [4.78, 5) is 26.0. The Bertz CT molecular complexity index is 527. The molecule has 3 rings (SSSR count). The second-order valence-electron chi connectivity index (χ2n) is 5.10. The van der Waals surface area contributed by atoms with Crippen LogP contribution in [0.15, 0.2) is 4.79 Å². The predicted molar refractivity (Wildman–Crippen MR) is 68.9 cm³/mol. The number of rotatable bonds is 2. The van der Waals surface area contributed by atoms with Gasteiger partial charge in [0.15, 0.2) is 0 Å². The molecule has 7 nitrogen and oxygen atoms in total. The summed E-state index contributed by atoms with van der Waals surface area (Å²) in [5.41, 5.74) is -0.141. The van der Waals surface area contributed by atoms with Gasteiger partial charge in [0.05, 0.1) is 0 Å². The largest absolute Gasteiger partial charge is 0.346 e. The van der Waals surface area contributed by atoms with E-state index in [2.05, 4.69) is 10.4 Å². The third-order valence-electron chi connectivity index (χ3n) is 3.79. The highest BCUT2D eigenvalue weighted by atomic mass is 16.2. The molecule has 0 aromatic carbocycles. The Morgan fingerprint density at radius 1 is 1.21 bits per heavy atom. The average Bonchev–Trinajstić information content (AvgIpc) is 2.77. The number of aromatic nitrogens is 3. The molecule has 19 heavy (non-hydrogen) atoms. The van der Waals surface area contributed by atoms with Gasteiger partial charge in [-0.2, -0.15) is 5.10 Å². The van der Waals surface area contributed by atoms with Gasteiger partial charge < -0.3 is 10.2 Å². The molecular formula is C12H19N5O2. The van der Waals surface area contributed by atoms with E-state index in [0.717, 1.165) is 44.7 Å². The number of nitrogens with zero attached hydrogens (tertiary/aromatic N) is 4. The molecule has 0 spiro atoms. The van der Waals surface area contributed by atoms with Crippen LogP contribution in [0.1, 0.15) is 18.7 Å². The molecule has 1 aromatic rings. The molecule has 2 aliphatic heterocycles. The van der Waals surface area contributed by atoms with Crippen LogP contribution in [0.2, 0.25) is 0 Å². The van der Waals surface area contributed by atoms with Gasteiger partial charge in [-0.3, -0.25) is 9.36 Å². The molecule has 1 amide bonds. The molecule has 104 valence electrons. The van der Waals surface area contributed by atoms with Crippen molar-refractivity contribution in [2.45, 2.75) is 32.4 Å². The van der Waals surface area contributed by atoms with Crippen LogP contribution < -0.4 is 11.0 Å². The monoisotopic (exact) mass is 265 g/mol. The molecule has 2 aliphatic rings. The fourth-order valence-corrected chi connectivity index (χ4v) is 2.69. The van der Waals surface area contributed by atoms with Gasteiger partial charge in [-0.25, -0.2) is 9.48 Å². The van der Waals surface area contributed by atoms with Crippen LogP contribution in [0.25, 0.3) is 0 Å². The molecule has 0 saturated carbocycles. The van der Waals surface area contributed by atoms with Crippen molar-refractivity contribution < 1.29 is 4.79 Å². The van der Waals surface area contributed by atoms with Gasteiger partial charge in [0.25, 0.3) is 0 Å². The Kier molecular flexibility index (Phi) is 3.37. The normalized spacial score (nSPS) is 19.3. The summed E-state index contributed by atoms with van der Waals surface area (Å²) in [5, 5.41) is 7.49. The Labute approximate surface area is 111 Å². The third kappa shape index (κ3) is 2.42. The topological polar surface area (TPSA) is 72.2 Å². The van der Waals surface area contributed by atoms with Gasteiger partial charge in [-0.15, -0.1) is 0 Å². The van der Waals surface area contributed by atoms with Crippen LogP contribution >= 0.6 is 0 Å². The van der Waals surface area contributed by atoms with Gasteiger partial charge in [0, 0.05) is 39.1 Å². The van der Waals surface area contributed by atoms with E-state index in [-0.39, 0.29) is 18.1 Å². The molecule has 7 heteroatoms. The van der Waals surface area contributed by atoms with Crippen molar-refractivity contribution in [2.24, 2.45) is 0 Å². The Hall–Kier alpha value is -1.63. The molecule has 1 aromatic heterocycles. The molecule has 0 bridgehead atoms. The minimum atomic E-state index is -0.141. The number of nitrogens with one attached hydrogen (secondary N) is 1. The maximum atomic E-state index is 12.1. The summed E-state index contributed by atoms with van der Waals surface area (Å²) in [6, 6.07) is 0. The molecule has 0 atom stereocenters. The minimum Gasteiger partial charge on any atom is -0.339 e. The van der Waals surface area contributed by atoms with Crippen LogP contribution in [0, 0.1) is 0 Å². The molecule has 1 N–H and O–H groups in total. The number of carbonyl (C=O) groups is 1. The fourth-order valence-electron chi connectivity index (χ4n) is 2.69. The molecule has 0 aliphatic carbocycles. The second kappa shape index (κ2) is 5.16. The van der Waals surface area contributed by atoms with E-state index in [1.807, 2.05) is 0 Å².